The molecule has 0 saturated carbocycles. The molecular weight excluding hydrogens is 214 g/mol. The summed E-state index contributed by atoms with van der Waals surface area (Å²) in [6.45, 7) is 7.35. The van der Waals surface area contributed by atoms with Crippen LogP contribution < -0.4 is 10.1 Å². The Morgan fingerprint density at radius 2 is 2.12 bits per heavy atom. The first kappa shape index (κ1) is 13.7. The van der Waals surface area contributed by atoms with E-state index in [4.69, 9.17) is 4.74 Å². The van der Waals surface area contributed by atoms with Gasteiger partial charge in [-0.05, 0) is 30.2 Å². The van der Waals surface area contributed by atoms with Gasteiger partial charge < -0.3 is 10.1 Å². The lowest BCUT2D eigenvalue weighted by Crippen LogP contribution is -2.23. The second kappa shape index (κ2) is 6.40. The molecule has 0 saturated heterocycles. The van der Waals surface area contributed by atoms with Crippen LogP contribution in [0.3, 0.4) is 0 Å². The van der Waals surface area contributed by atoms with Crippen LogP contribution in [0.1, 0.15) is 42.6 Å². The highest BCUT2D eigenvalue weighted by Crippen LogP contribution is 2.24. The number of benzene rings is 1. The van der Waals surface area contributed by atoms with Gasteiger partial charge in [-0.2, -0.15) is 0 Å². The molecule has 0 aliphatic heterocycles. The normalized spacial score (nSPS) is 10.6. The molecule has 0 spiro atoms. The predicted octanol–water partition coefficient (Wildman–Crippen LogP) is 2.61. The summed E-state index contributed by atoms with van der Waals surface area (Å²) < 4.78 is 5.23. The van der Waals surface area contributed by atoms with E-state index in [9.17, 15) is 4.79 Å². The second-order valence-corrected chi connectivity index (χ2v) is 4.32. The number of ether oxygens (including phenoxy) is 1. The average Bonchev–Trinajstić information content (AvgIpc) is 2.34. The van der Waals surface area contributed by atoms with Crippen molar-refractivity contribution < 1.29 is 9.53 Å². The highest BCUT2D eigenvalue weighted by molar-refractivity contribution is 6.00. The summed E-state index contributed by atoms with van der Waals surface area (Å²) in [7, 11) is 1.59. The summed E-state index contributed by atoms with van der Waals surface area (Å²) in [5.41, 5.74) is 1.82. The van der Waals surface area contributed by atoms with Gasteiger partial charge in [0.15, 0.2) is 5.78 Å². The first-order valence-electron chi connectivity index (χ1n) is 6.02. The Morgan fingerprint density at radius 1 is 1.41 bits per heavy atom. The smallest absolute Gasteiger partial charge is 0.180 e. The Labute approximate surface area is 103 Å². The monoisotopic (exact) mass is 235 g/mol. The lowest BCUT2D eigenvalue weighted by molar-refractivity contribution is 0.0988. The Bertz CT molecular complexity index is 386. The van der Waals surface area contributed by atoms with E-state index in [1.165, 1.54) is 0 Å². The fourth-order valence-electron chi connectivity index (χ4n) is 1.64. The number of carbonyl (C=O) groups is 1. The van der Waals surface area contributed by atoms with Crippen LogP contribution in [0.25, 0.3) is 0 Å². The fraction of sp³-hybridized carbons (Fsp3) is 0.500. The van der Waals surface area contributed by atoms with E-state index in [0.717, 1.165) is 12.1 Å². The third-order valence-corrected chi connectivity index (χ3v) is 2.73. The van der Waals surface area contributed by atoms with Crippen LogP contribution in [-0.2, 0) is 0 Å². The van der Waals surface area contributed by atoms with E-state index in [2.05, 4.69) is 19.2 Å². The van der Waals surface area contributed by atoms with Gasteiger partial charge in [-0.3, -0.25) is 4.79 Å². The molecule has 0 atom stereocenters. The molecule has 0 bridgehead atoms. The standard InChI is InChI=1S/C14H21NO2/c1-5-15-9-13(16)12-8-11(10(2)3)6-7-14(12)17-4/h6-8,10,15H,5,9H2,1-4H3. The van der Waals surface area contributed by atoms with E-state index in [-0.39, 0.29) is 5.78 Å². The van der Waals surface area contributed by atoms with Crippen LogP contribution in [0.5, 0.6) is 5.75 Å². The summed E-state index contributed by atoms with van der Waals surface area (Å²) in [6.07, 6.45) is 0. The van der Waals surface area contributed by atoms with E-state index in [0.29, 0.717) is 23.8 Å². The van der Waals surface area contributed by atoms with Crippen molar-refractivity contribution in [1.82, 2.24) is 5.32 Å². The quantitative estimate of drug-likeness (QED) is 0.770. The molecule has 1 aromatic carbocycles. The zero-order valence-corrected chi connectivity index (χ0v) is 11.0. The van der Waals surface area contributed by atoms with Crippen LogP contribution in [-0.4, -0.2) is 26.0 Å². The zero-order valence-electron chi connectivity index (χ0n) is 11.0. The molecule has 0 aromatic heterocycles. The van der Waals surface area contributed by atoms with E-state index in [1.807, 2.05) is 25.1 Å². The molecule has 0 radical (unpaired) electrons. The van der Waals surface area contributed by atoms with Gasteiger partial charge in [-0.1, -0.05) is 26.8 Å². The van der Waals surface area contributed by atoms with Gasteiger partial charge in [0, 0.05) is 0 Å². The van der Waals surface area contributed by atoms with E-state index >= 15 is 0 Å². The molecule has 1 N–H and O–H groups in total. The molecule has 0 aliphatic carbocycles. The third kappa shape index (κ3) is 3.56. The molecule has 3 nitrogen and oxygen atoms in total. The Hall–Kier alpha value is -1.35. The lowest BCUT2D eigenvalue weighted by Gasteiger charge is -2.12. The number of Topliss-reactive ketones (excluding diaryl/α,β-unsaturated/α-hetero) is 1. The SMILES string of the molecule is CCNCC(=O)c1cc(C(C)C)ccc1OC. The Balaban J connectivity index is 3.01. The van der Waals surface area contributed by atoms with E-state index in [1.54, 1.807) is 7.11 Å². The summed E-state index contributed by atoms with van der Waals surface area (Å²) >= 11 is 0. The van der Waals surface area contributed by atoms with Gasteiger partial charge in [0.05, 0.1) is 19.2 Å². The number of carbonyl (C=O) groups excluding carboxylic acids is 1. The molecule has 94 valence electrons. The Morgan fingerprint density at radius 3 is 2.65 bits per heavy atom. The van der Waals surface area contributed by atoms with E-state index < -0.39 is 0 Å². The van der Waals surface area contributed by atoms with Crippen molar-refractivity contribution in [3.63, 3.8) is 0 Å². The van der Waals surface area contributed by atoms with Crippen molar-refractivity contribution in [3.05, 3.63) is 29.3 Å². The first-order valence-corrected chi connectivity index (χ1v) is 6.02. The maximum atomic E-state index is 12.0. The molecule has 3 heteroatoms. The largest absolute Gasteiger partial charge is 0.496 e. The molecule has 0 fully saturated rings. The maximum Gasteiger partial charge on any atom is 0.180 e. The van der Waals surface area contributed by atoms with Crippen molar-refractivity contribution in [1.29, 1.82) is 0 Å². The van der Waals surface area contributed by atoms with Crippen molar-refractivity contribution in [2.24, 2.45) is 0 Å². The molecular formula is C14H21NO2. The van der Waals surface area contributed by atoms with Crippen LogP contribution in [0.2, 0.25) is 0 Å². The molecule has 1 rings (SSSR count). The summed E-state index contributed by atoms with van der Waals surface area (Å²) in [4.78, 5) is 12.0. The number of rotatable bonds is 6. The minimum Gasteiger partial charge on any atom is -0.496 e. The van der Waals surface area contributed by atoms with Gasteiger partial charge in [-0.15, -0.1) is 0 Å². The zero-order chi connectivity index (χ0) is 12.8. The topological polar surface area (TPSA) is 38.3 Å². The molecule has 0 amide bonds. The number of hydrogen-bond acceptors (Lipinski definition) is 3. The number of nitrogens with one attached hydrogen (secondary N) is 1. The summed E-state index contributed by atoms with van der Waals surface area (Å²) in [6, 6.07) is 5.81. The van der Waals surface area contributed by atoms with Gasteiger partial charge >= 0.3 is 0 Å². The van der Waals surface area contributed by atoms with Crippen LogP contribution >= 0.6 is 0 Å². The molecule has 0 unspecified atom stereocenters. The van der Waals surface area contributed by atoms with Crippen molar-refractivity contribution in [3.8, 4) is 5.75 Å². The highest BCUT2D eigenvalue weighted by Gasteiger charge is 2.13. The molecule has 1 aromatic rings. The minimum atomic E-state index is 0.0752. The number of methoxy groups -OCH3 is 1. The first-order chi connectivity index (χ1) is 8.10. The van der Waals surface area contributed by atoms with Crippen LogP contribution in [0, 0.1) is 0 Å². The fourth-order valence-corrected chi connectivity index (χ4v) is 1.64. The van der Waals surface area contributed by atoms with Gasteiger partial charge in [0.25, 0.3) is 0 Å². The molecule has 0 aliphatic rings. The summed E-state index contributed by atoms with van der Waals surface area (Å²) in [5, 5.41) is 3.04. The molecule has 17 heavy (non-hydrogen) atoms. The van der Waals surface area contributed by atoms with Crippen LogP contribution in [0.4, 0.5) is 0 Å². The predicted molar refractivity (Wildman–Crippen MR) is 70.0 cm³/mol. The van der Waals surface area contributed by atoms with Gasteiger partial charge in [-0.25, -0.2) is 0 Å². The third-order valence-electron chi connectivity index (χ3n) is 2.73. The average molecular weight is 235 g/mol. The molecule has 0 heterocycles. The lowest BCUT2D eigenvalue weighted by atomic mass is 9.98. The highest BCUT2D eigenvalue weighted by atomic mass is 16.5. The summed E-state index contributed by atoms with van der Waals surface area (Å²) in [5.74, 6) is 1.13. The van der Waals surface area contributed by atoms with Gasteiger partial charge in [0.2, 0.25) is 0 Å². The van der Waals surface area contributed by atoms with Crippen molar-refractivity contribution in [2.75, 3.05) is 20.2 Å². The maximum absolute atomic E-state index is 12.0. The Kier molecular flexibility index (Phi) is 5.16. The van der Waals surface area contributed by atoms with Crippen molar-refractivity contribution >= 4 is 5.78 Å². The number of likely N-dealkylation sites (N-methyl/N-ethyl adjacent to an activating group) is 1. The number of ketones is 1. The minimum absolute atomic E-state index is 0.0752. The van der Waals surface area contributed by atoms with Gasteiger partial charge in [0.1, 0.15) is 5.75 Å². The van der Waals surface area contributed by atoms with Crippen molar-refractivity contribution in [2.45, 2.75) is 26.7 Å². The van der Waals surface area contributed by atoms with Crippen LogP contribution in [0.15, 0.2) is 18.2 Å². The second-order valence-electron chi connectivity index (χ2n) is 4.32. The number of hydrogen-bond donors (Lipinski definition) is 1.